The zero-order valence-electron chi connectivity index (χ0n) is 16.2. The van der Waals surface area contributed by atoms with Crippen molar-refractivity contribution >= 4 is 39.3 Å². The summed E-state index contributed by atoms with van der Waals surface area (Å²) < 4.78 is 5.65. The molecular formula is C22H24N2O2S2. The minimum Gasteiger partial charge on any atom is -0.462 e. The molecule has 3 aromatic rings. The molecule has 6 heteroatoms. The number of ether oxygens (including phenoxy) is 1. The lowest BCUT2D eigenvalue weighted by atomic mass is 9.98. The monoisotopic (exact) mass is 412 g/mol. The molecule has 1 aliphatic rings. The first-order valence-electron chi connectivity index (χ1n) is 9.74. The number of hydrogen-bond acceptors (Lipinski definition) is 6. The van der Waals surface area contributed by atoms with E-state index in [1.807, 2.05) is 0 Å². The average Bonchev–Trinajstić information content (AvgIpc) is 3.14. The fourth-order valence-corrected chi connectivity index (χ4v) is 5.38. The maximum Gasteiger partial charge on any atom is 0.316 e. The van der Waals surface area contributed by atoms with Crippen LogP contribution in [0.3, 0.4) is 0 Å². The zero-order chi connectivity index (χ0) is 19.5. The maximum absolute atomic E-state index is 12.3. The topological polar surface area (TPSA) is 52.1 Å². The standard InChI is InChI=1S/C22H24N2O2S2/c1-14-8-9-16(10-15(14)2)18-11-27-21-20(18)22(24-13-23-21)28-12-19(25)26-17-6-4-3-5-7-17/h8-11,13,17H,3-7,12H2,1-2H3. The van der Waals surface area contributed by atoms with Gasteiger partial charge in [-0.05, 0) is 56.2 Å². The van der Waals surface area contributed by atoms with Crippen molar-refractivity contribution in [3.8, 4) is 11.1 Å². The van der Waals surface area contributed by atoms with Gasteiger partial charge < -0.3 is 4.74 Å². The Morgan fingerprint density at radius 1 is 1.18 bits per heavy atom. The summed E-state index contributed by atoms with van der Waals surface area (Å²) in [4.78, 5) is 22.2. The Morgan fingerprint density at radius 3 is 2.79 bits per heavy atom. The number of benzene rings is 1. The predicted molar refractivity (Wildman–Crippen MR) is 116 cm³/mol. The number of esters is 1. The molecule has 4 nitrogen and oxygen atoms in total. The molecule has 2 aromatic heterocycles. The highest BCUT2D eigenvalue weighted by atomic mass is 32.2. The van der Waals surface area contributed by atoms with E-state index in [1.165, 1.54) is 29.3 Å². The van der Waals surface area contributed by atoms with Crippen LogP contribution in [0, 0.1) is 13.8 Å². The molecule has 146 valence electrons. The molecule has 1 aliphatic carbocycles. The van der Waals surface area contributed by atoms with Gasteiger partial charge in [-0.2, -0.15) is 0 Å². The summed E-state index contributed by atoms with van der Waals surface area (Å²) in [7, 11) is 0. The van der Waals surface area contributed by atoms with E-state index in [-0.39, 0.29) is 17.8 Å². The second kappa shape index (κ2) is 8.62. The van der Waals surface area contributed by atoms with Crippen molar-refractivity contribution in [2.75, 3.05) is 5.75 Å². The SMILES string of the molecule is Cc1ccc(-c2csc3ncnc(SCC(=O)OC4CCCCC4)c23)cc1C. The Labute approximate surface area is 173 Å². The Kier molecular flexibility index (Phi) is 5.97. The van der Waals surface area contributed by atoms with E-state index >= 15 is 0 Å². The lowest BCUT2D eigenvalue weighted by molar-refractivity contribution is -0.147. The number of fused-ring (bicyclic) bond motifs is 1. The third-order valence-electron chi connectivity index (χ3n) is 5.33. The highest BCUT2D eigenvalue weighted by Crippen LogP contribution is 2.38. The molecule has 0 amide bonds. The van der Waals surface area contributed by atoms with Gasteiger partial charge in [0.1, 0.15) is 22.3 Å². The van der Waals surface area contributed by atoms with Crippen molar-refractivity contribution in [1.82, 2.24) is 9.97 Å². The van der Waals surface area contributed by atoms with Crippen molar-refractivity contribution in [2.24, 2.45) is 0 Å². The number of aromatic nitrogens is 2. The van der Waals surface area contributed by atoms with Crippen LogP contribution in [0.2, 0.25) is 0 Å². The maximum atomic E-state index is 12.3. The summed E-state index contributed by atoms with van der Waals surface area (Å²) in [5.41, 5.74) is 4.83. The minimum absolute atomic E-state index is 0.0968. The Bertz CT molecular complexity index is 993. The number of carbonyl (C=O) groups excluding carboxylic acids is 1. The van der Waals surface area contributed by atoms with Crippen molar-refractivity contribution in [2.45, 2.75) is 57.1 Å². The first kappa shape index (κ1) is 19.4. The van der Waals surface area contributed by atoms with Crippen LogP contribution in [0.15, 0.2) is 34.9 Å². The molecule has 1 fully saturated rings. The number of carbonyl (C=O) groups is 1. The lowest BCUT2D eigenvalue weighted by Crippen LogP contribution is -2.21. The molecule has 1 saturated carbocycles. The van der Waals surface area contributed by atoms with Crippen molar-refractivity contribution in [3.63, 3.8) is 0 Å². The van der Waals surface area contributed by atoms with Crippen LogP contribution < -0.4 is 0 Å². The third-order valence-corrected chi connectivity index (χ3v) is 7.18. The van der Waals surface area contributed by atoms with Gasteiger partial charge in [0.25, 0.3) is 0 Å². The molecule has 28 heavy (non-hydrogen) atoms. The van der Waals surface area contributed by atoms with E-state index in [4.69, 9.17) is 4.74 Å². The lowest BCUT2D eigenvalue weighted by Gasteiger charge is -2.21. The summed E-state index contributed by atoms with van der Waals surface area (Å²) in [6.45, 7) is 4.24. The summed E-state index contributed by atoms with van der Waals surface area (Å²) in [5, 5.41) is 4.01. The van der Waals surface area contributed by atoms with E-state index in [0.717, 1.165) is 52.1 Å². The molecule has 0 aliphatic heterocycles. The number of thioether (sulfide) groups is 1. The third kappa shape index (κ3) is 4.23. The number of nitrogens with zero attached hydrogens (tertiary/aromatic N) is 2. The Morgan fingerprint density at radius 2 is 2.00 bits per heavy atom. The number of rotatable bonds is 5. The minimum atomic E-state index is -0.147. The molecule has 0 saturated heterocycles. The summed E-state index contributed by atoms with van der Waals surface area (Å²) in [5.74, 6) is 0.136. The summed E-state index contributed by atoms with van der Waals surface area (Å²) in [6.07, 6.45) is 7.24. The summed E-state index contributed by atoms with van der Waals surface area (Å²) >= 11 is 3.06. The molecule has 0 N–H and O–H groups in total. The molecule has 4 rings (SSSR count). The molecule has 0 unspecified atom stereocenters. The van der Waals surface area contributed by atoms with Gasteiger partial charge in [0.05, 0.1) is 11.1 Å². The van der Waals surface area contributed by atoms with Crippen molar-refractivity contribution in [1.29, 1.82) is 0 Å². The Hall–Kier alpha value is -1.92. The number of aryl methyl sites for hydroxylation is 2. The van der Waals surface area contributed by atoms with Crippen molar-refractivity contribution in [3.05, 3.63) is 41.0 Å². The molecule has 2 heterocycles. The van der Waals surface area contributed by atoms with Gasteiger partial charge in [-0.15, -0.1) is 11.3 Å². The molecule has 0 spiro atoms. The highest BCUT2D eigenvalue weighted by molar-refractivity contribution is 8.00. The van der Waals surface area contributed by atoms with Crippen molar-refractivity contribution < 1.29 is 9.53 Å². The van der Waals surface area contributed by atoms with E-state index in [0.29, 0.717) is 0 Å². The van der Waals surface area contributed by atoms with Gasteiger partial charge in [-0.3, -0.25) is 4.79 Å². The average molecular weight is 413 g/mol. The van der Waals surface area contributed by atoms with Crippen LogP contribution in [0.1, 0.15) is 43.2 Å². The van der Waals surface area contributed by atoms with Gasteiger partial charge in [0.2, 0.25) is 0 Å². The summed E-state index contributed by atoms with van der Waals surface area (Å²) in [6, 6.07) is 6.49. The van der Waals surface area contributed by atoms with Crippen LogP contribution >= 0.6 is 23.1 Å². The number of hydrogen-bond donors (Lipinski definition) is 0. The normalized spacial score (nSPS) is 15.1. The van der Waals surface area contributed by atoms with E-state index in [9.17, 15) is 4.79 Å². The van der Waals surface area contributed by atoms with Gasteiger partial charge in [-0.25, -0.2) is 9.97 Å². The quantitative estimate of drug-likeness (QED) is 0.295. The van der Waals surface area contributed by atoms with Gasteiger partial charge in [0.15, 0.2) is 0 Å². The number of thiophene rings is 1. The predicted octanol–water partition coefficient (Wildman–Crippen LogP) is 5.94. The first-order chi connectivity index (χ1) is 13.6. The molecule has 1 aromatic carbocycles. The fraction of sp³-hybridized carbons (Fsp3) is 0.409. The highest BCUT2D eigenvalue weighted by Gasteiger charge is 2.19. The van der Waals surface area contributed by atoms with Crippen LogP contribution in [-0.4, -0.2) is 27.8 Å². The van der Waals surface area contributed by atoms with Crippen LogP contribution in [0.25, 0.3) is 21.3 Å². The second-order valence-electron chi connectivity index (χ2n) is 7.35. The largest absolute Gasteiger partial charge is 0.462 e. The van der Waals surface area contributed by atoms with E-state index in [1.54, 1.807) is 17.7 Å². The van der Waals surface area contributed by atoms with Crippen LogP contribution in [0.4, 0.5) is 0 Å². The van der Waals surface area contributed by atoms with Crippen LogP contribution in [0.5, 0.6) is 0 Å². The fourth-order valence-electron chi connectivity index (χ4n) is 3.61. The zero-order valence-corrected chi connectivity index (χ0v) is 17.9. The smallest absolute Gasteiger partial charge is 0.316 e. The van der Waals surface area contributed by atoms with Crippen LogP contribution in [-0.2, 0) is 9.53 Å². The van der Waals surface area contributed by atoms with Gasteiger partial charge in [0, 0.05) is 10.9 Å². The van der Waals surface area contributed by atoms with E-state index < -0.39 is 0 Å². The molecule has 0 atom stereocenters. The second-order valence-corrected chi connectivity index (χ2v) is 9.17. The molecular weight excluding hydrogens is 388 g/mol. The van der Waals surface area contributed by atoms with Gasteiger partial charge in [-0.1, -0.05) is 36.4 Å². The molecule has 0 bridgehead atoms. The first-order valence-corrected chi connectivity index (χ1v) is 11.6. The van der Waals surface area contributed by atoms with E-state index in [2.05, 4.69) is 47.4 Å². The van der Waals surface area contributed by atoms with Gasteiger partial charge >= 0.3 is 5.97 Å². The Balaban J connectivity index is 1.54. The molecule has 0 radical (unpaired) electrons.